The van der Waals surface area contributed by atoms with Gasteiger partial charge in [-0.1, -0.05) is 13.3 Å². The van der Waals surface area contributed by atoms with Gasteiger partial charge in [-0.25, -0.2) is 4.39 Å². The van der Waals surface area contributed by atoms with E-state index in [9.17, 15) is 9.18 Å². The molecule has 1 fully saturated rings. The molecular weight excluding hydrogens is 309 g/mol. The molecule has 0 heterocycles. The van der Waals surface area contributed by atoms with E-state index in [1.807, 2.05) is 0 Å². The predicted octanol–water partition coefficient (Wildman–Crippen LogP) is 4.29. The lowest BCUT2D eigenvalue weighted by Crippen LogP contribution is -2.37. The summed E-state index contributed by atoms with van der Waals surface area (Å²) in [6.45, 7) is 2.22. The van der Waals surface area contributed by atoms with Crippen LogP contribution in [0.4, 0.5) is 4.39 Å². The van der Waals surface area contributed by atoms with Crippen molar-refractivity contribution < 1.29 is 9.18 Å². The lowest BCUT2D eigenvalue weighted by atomic mass is 9.84. The van der Waals surface area contributed by atoms with Crippen molar-refractivity contribution in [1.29, 1.82) is 0 Å². The monoisotopic (exact) mass is 327 g/mol. The number of carbonyl (C=O) groups excluding carboxylic acids is 1. The molecule has 0 radical (unpaired) electrons. The Kier molecular flexibility index (Phi) is 4.97. The summed E-state index contributed by atoms with van der Waals surface area (Å²) >= 11 is 3.08. The second kappa shape index (κ2) is 6.51. The molecule has 1 aliphatic rings. The summed E-state index contributed by atoms with van der Waals surface area (Å²) in [4.78, 5) is 12.0. The van der Waals surface area contributed by atoms with Crippen LogP contribution in [0.5, 0.6) is 0 Å². The summed E-state index contributed by atoms with van der Waals surface area (Å²) in [7, 11) is 0. The topological polar surface area (TPSA) is 29.1 Å². The van der Waals surface area contributed by atoms with E-state index in [0.29, 0.717) is 10.0 Å². The van der Waals surface area contributed by atoms with E-state index in [1.165, 1.54) is 25.3 Å². The number of halogens is 2. The number of rotatable bonds is 3. The van der Waals surface area contributed by atoms with Gasteiger partial charge in [0, 0.05) is 11.6 Å². The fourth-order valence-electron chi connectivity index (χ4n) is 2.62. The molecule has 0 spiro atoms. The van der Waals surface area contributed by atoms with Crippen LogP contribution in [0.1, 0.15) is 49.4 Å². The van der Waals surface area contributed by atoms with E-state index < -0.39 is 5.82 Å². The molecule has 1 aromatic carbocycles. The Labute approximate surface area is 121 Å². The molecule has 0 unspecified atom stereocenters. The number of benzene rings is 1. The van der Waals surface area contributed by atoms with Crippen molar-refractivity contribution in [3.05, 3.63) is 34.1 Å². The Morgan fingerprint density at radius 2 is 2.05 bits per heavy atom. The van der Waals surface area contributed by atoms with Gasteiger partial charge in [0.2, 0.25) is 0 Å². The molecule has 0 bridgehead atoms. The third-order valence-corrected chi connectivity index (χ3v) is 4.58. The minimum atomic E-state index is -0.401. The van der Waals surface area contributed by atoms with Crippen molar-refractivity contribution in [1.82, 2.24) is 5.32 Å². The van der Waals surface area contributed by atoms with Crippen LogP contribution in [0.15, 0.2) is 22.7 Å². The summed E-state index contributed by atoms with van der Waals surface area (Å²) in [5, 5.41) is 3.01. The molecule has 1 aromatic rings. The largest absolute Gasteiger partial charge is 0.349 e. The van der Waals surface area contributed by atoms with Gasteiger partial charge in [0.15, 0.2) is 0 Å². The number of nitrogens with one attached hydrogen (secondary N) is 1. The maximum absolute atomic E-state index is 13.4. The average Bonchev–Trinajstić information content (AvgIpc) is 2.42. The molecule has 0 atom stereocenters. The second-order valence-corrected chi connectivity index (χ2v) is 6.08. The van der Waals surface area contributed by atoms with Crippen LogP contribution in [0, 0.1) is 11.7 Å². The molecule has 2 rings (SSSR count). The molecular formula is C15H19BrFNO. The van der Waals surface area contributed by atoms with Crippen LogP contribution < -0.4 is 5.32 Å². The Balaban J connectivity index is 1.92. The van der Waals surface area contributed by atoms with Gasteiger partial charge in [0.1, 0.15) is 5.82 Å². The summed E-state index contributed by atoms with van der Waals surface area (Å²) < 4.78 is 13.8. The van der Waals surface area contributed by atoms with Gasteiger partial charge in [-0.3, -0.25) is 4.79 Å². The number of hydrogen-bond acceptors (Lipinski definition) is 1. The third-order valence-electron chi connectivity index (χ3n) is 3.94. The highest BCUT2D eigenvalue weighted by Gasteiger charge is 2.21. The zero-order valence-electron chi connectivity index (χ0n) is 11.1. The van der Waals surface area contributed by atoms with E-state index in [0.717, 1.165) is 18.8 Å². The molecule has 4 heteroatoms. The number of carbonyl (C=O) groups is 1. The Morgan fingerprint density at radius 1 is 1.37 bits per heavy atom. The van der Waals surface area contributed by atoms with Crippen molar-refractivity contribution in [2.24, 2.45) is 5.92 Å². The molecule has 0 aliphatic heterocycles. The van der Waals surface area contributed by atoms with Gasteiger partial charge < -0.3 is 5.32 Å². The lowest BCUT2D eigenvalue weighted by Gasteiger charge is -2.28. The summed E-state index contributed by atoms with van der Waals surface area (Å²) in [6, 6.07) is 4.72. The van der Waals surface area contributed by atoms with Crippen LogP contribution >= 0.6 is 15.9 Å². The van der Waals surface area contributed by atoms with E-state index in [4.69, 9.17) is 0 Å². The smallest absolute Gasteiger partial charge is 0.251 e. The van der Waals surface area contributed by atoms with Crippen LogP contribution in [0.2, 0.25) is 0 Å². The van der Waals surface area contributed by atoms with Crippen LogP contribution in [0.3, 0.4) is 0 Å². The van der Waals surface area contributed by atoms with Gasteiger partial charge in [-0.15, -0.1) is 0 Å². The molecule has 2 nitrogen and oxygen atoms in total. The maximum Gasteiger partial charge on any atom is 0.251 e. The van der Waals surface area contributed by atoms with E-state index in [2.05, 4.69) is 28.2 Å². The zero-order valence-corrected chi connectivity index (χ0v) is 12.7. The molecule has 0 saturated heterocycles. The summed E-state index contributed by atoms with van der Waals surface area (Å²) in [6.07, 6.45) is 5.64. The van der Waals surface area contributed by atoms with Gasteiger partial charge in [0.05, 0.1) is 4.47 Å². The van der Waals surface area contributed by atoms with Crippen molar-refractivity contribution in [3.8, 4) is 0 Å². The van der Waals surface area contributed by atoms with Crippen molar-refractivity contribution in [3.63, 3.8) is 0 Å². The second-order valence-electron chi connectivity index (χ2n) is 5.23. The first-order chi connectivity index (χ1) is 9.10. The standard InChI is InChI=1S/C15H19BrFNO/c1-2-10-3-6-12(7-4-10)18-15(19)11-5-8-13(16)14(17)9-11/h5,8-10,12H,2-4,6-7H2,1H3,(H,18,19). The molecule has 104 valence electrons. The normalized spacial score (nSPS) is 23.1. The third kappa shape index (κ3) is 3.78. The average molecular weight is 328 g/mol. The Morgan fingerprint density at radius 3 is 2.63 bits per heavy atom. The Bertz CT molecular complexity index is 455. The SMILES string of the molecule is CCC1CCC(NC(=O)c2ccc(Br)c(F)c2)CC1. The summed E-state index contributed by atoms with van der Waals surface area (Å²) in [5.41, 5.74) is 0.387. The molecule has 1 aliphatic carbocycles. The van der Waals surface area contributed by atoms with Gasteiger partial charge >= 0.3 is 0 Å². The van der Waals surface area contributed by atoms with Crippen molar-refractivity contribution in [2.45, 2.75) is 45.1 Å². The maximum atomic E-state index is 13.4. The molecule has 0 aromatic heterocycles. The van der Waals surface area contributed by atoms with E-state index in [-0.39, 0.29) is 11.9 Å². The molecule has 1 saturated carbocycles. The van der Waals surface area contributed by atoms with Gasteiger partial charge in [0.25, 0.3) is 5.91 Å². The fraction of sp³-hybridized carbons (Fsp3) is 0.533. The van der Waals surface area contributed by atoms with Crippen molar-refractivity contribution >= 4 is 21.8 Å². The first-order valence-corrected chi connectivity index (χ1v) is 7.65. The fourth-order valence-corrected chi connectivity index (χ4v) is 2.87. The predicted molar refractivity (Wildman–Crippen MR) is 77.6 cm³/mol. The number of amides is 1. The highest BCUT2D eigenvalue weighted by molar-refractivity contribution is 9.10. The minimum absolute atomic E-state index is 0.175. The zero-order chi connectivity index (χ0) is 13.8. The van der Waals surface area contributed by atoms with Crippen molar-refractivity contribution in [2.75, 3.05) is 0 Å². The van der Waals surface area contributed by atoms with Gasteiger partial charge in [-0.05, 0) is 65.7 Å². The molecule has 1 amide bonds. The summed E-state index contributed by atoms with van der Waals surface area (Å²) in [5.74, 6) is 0.229. The van der Waals surface area contributed by atoms with E-state index in [1.54, 1.807) is 12.1 Å². The van der Waals surface area contributed by atoms with Crippen LogP contribution in [0.25, 0.3) is 0 Å². The van der Waals surface area contributed by atoms with E-state index >= 15 is 0 Å². The first-order valence-electron chi connectivity index (χ1n) is 6.86. The van der Waals surface area contributed by atoms with Gasteiger partial charge in [-0.2, -0.15) is 0 Å². The minimum Gasteiger partial charge on any atom is -0.349 e. The van der Waals surface area contributed by atoms with Crippen LogP contribution in [-0.2, 0) is 0 Å². The molecule has 19 heavy (non-hydrogen) atoms. The Hall–Kier alpha value is -0.900. The lowest BCUT2D eigenvalue weighted by molar-refractivity contribution is 0.0921. The highest BCUT2D eigenvalue weighted by atomic mass is 79.9. The molecule has 1 N–H and O–H groups in total. The van der Waals surface area contributed by atoms with Crippen LogP contribution in [-0.4, -0.2) is 11.9 Å². The quantitative estimate of drug-likeness (QED) is 0.881. The highest BCUT2D eigenvalue weighted by Crippen LogP contribution is 2.26. The first kappa shape index (κ1) is 14.5. The number of hydrogen-bond donors (Lipinski definition) is 1.